The average Bonchev–Trinajstić information content (AvgIpc) is 2.95. The number of carboxylic acid groups (broad SMARTS) is 1. The zero-order chi connectivity index (χ0) is 19.8. The summed E-state index contributed by atoms with van der Waals surface area (Å²) >= 11 is 0. The smallest absolute Gasteiger partial charge is 0.305 e. The molecule has 0 spiro atoms. The van der Waals surface area contributed by atoms with Crippen molar-refractivity contribution in [2.24, 2.45) is 7.05 Å². The fourth-order valence-electron chi connectivity index (χ4n) is 3.40. The second-order valence-corrected chi connectivity index (χ2v) is 6.82. The van der Waals surface area contributed by atoms with E-state index in [4.69, 9.17) is 15.6 Å². The molecule has 0 saturated heterocycles. The number of para-hydroxylation sites is 1. The molecule has 8 heteroatoms. The van der Waals surface area contributed by atoms with Crippen LogP contribution in [0.1, 0.15) is 17.5 Å². The second-order valence-electron chi connectivity index (χ2n) is 6.82. The summed E-state index contributed by atoms with van der Waals surface area (Å²) in [5.41, 5.74) is 9.33. The van der Waals surface area contributed by atoms with E-state index in [1.54, 1.807) is 9.47 Å². The molecule has 0 bridgehead atoms. The van der Waals surface area contributed by atoms with Gasteiger partial charge in [0.25, 0.3) is 0 Å². The lowest BCUT2D eigenvalue weighted by Gasteiger charge is -2.28. The molecule has 144 valence electrons. The Kier molecular flexibility index (Phi) is 4.38. The van der Waals surface area contributed by atoms with Crippen LogP contribution >= 0.6 is 0 Å². The van der Waals surface area contributed by atoms with Gasteiger partial charge in [-0.15, -0.1) is 0 Å². The summed E-state index contributed by atoms with van der Waals surface area (Å²) in [6.45, 7) is 0.628. The number of nitrogens with zero attached hydrogens (tertiary/aromatic N) is 3. The van der Waals surface area contributed by atoms with Gasteiger partial charge in [0.15, 0.2) is 5.75 Å². The van der Waals surface area contributed by atoms with Crippen LogP contribution < -0.4 is 10.5 Å². The number of carboxylic acids is 1. The van der Waals surface area contributed by atoms with E-state index in [1.165, 1.54) is 0 Å². The van der Waals surface area contributed by atoms with Crippen LogP contribution in [0.15, 0.2) is 36.4 Å². The zero-order valence-corrected chi connectivity index (χ0v) is 15.4. The van der Waals surface area contributed by atoms with Crippen molar-refractivity contribution in [3.8, 4) is 11.5 Å². The molecule has 1 aliphatic heterocycles. The third-order valence-electron chi connectivity index (χ3n) is 4.97. The third-order valence-corrected chi connectivity index (χ3v) is 4.97. The molecule has 0 unspecified atom stereocenters. The Morgan fingerprint density at radius 2 is 2.11 bits per heavy atom. The minimum absolute atomic E-state index is 0.0561. The number of ether oxygens (including phenoxy) is 1. The average molecular weight is 380 g/mol. The number of nitrogen functional groups attached to an aromatic ring is 1. The van der Waals surface area contributed by atoms with Crippen molar-refractivity contribution in [1.82, 2.24) is 14.5 Å². The van der Waals surface area contributed by atoms with Gasteiger partial charge in [-0.05, 0) is 35.4 Å². The van der Waals surface area contributed by atoms with Crippen LogP contribution in [0.2, 0.25) is 0 Å². The summed E-state index contributed by atoms with van der Waals surface area (Å²) in [5.74, 6) is 0.623. The highest BCUT2D eigenvalue weighted by Crippen LogP contribution is 2.32. The standard InChI is InChI=1S/C20H20N4O4/c1-23-15-3-2-4-16(19(15)22-20(23)21)28-14-6-5-12-11-24(8-7-18(26)27)17(25)10-13(12)9-14/h2-6,9H,7-8,10-11H2,1H3,(H2,21,22)(H,26,27). The zero-order valence-electron chi connectivity index (χ0n) is 15.4. The van der Waals surface area contributed by atoms with Gasteiger partial charge in [-0.2, -0.15) is 0 Å². The summed E-state index contributed by atoms with van der Waals surface area (Å²) < 4.78 is 7.82. The number of benzene rings is 2. The predicted molar refractivity (Wildman–Crippen MR) is 103 cm³/mol. The first-order valence-corrected chi connectivity index (χ1v) is 8.92. The van der Waals surface area contributed by atoms with Gasteiger partial charge in [-0.25, -0.2) is 4.98 Å². The van der Waals surface area contributed by atoms with E-state index in [1.807, 2.05) is 43.4 Å². The summed E-state index contributed by atoms with van der Waals surface area (Å²) in [4.78, 5) is 29.0. The Bertz CT molecular complexity index is 1090. The molecule has 4 rings (SSSR count). The van der Waals surface area contributed by atoms with Crippen LogP contribution in [0.5, 0.6) is 11.5 Å². The molecular weight excluding hydrogens is 360 g/mol. The van der Waals surface area contributed by atoms with Crippen molar-refractivity contribution >= 4 is 28.9 Å². The lowest BCUT2D eigenvalue weighted by Crippen LogP contribution is -2.37. The molecule has 1 aliphatic rings. The maximum absolute atomic E-state index is 12.3. The molecule has 1 aromatic heterocycles. The minimum Gasteiger partial charge on any atom is -0.481 e. The summed E-state index contributed by atoms with van der Waals surface area (Å²) in [6, 6.07) is 11.2. The van der Waals surface area contributed by atoms with Crippen LogP contribution in [0, 0.1) is 0 Å². The molecule has 0 radical (unpaired) electrons. The van der Waals surface area contributed by atoms with Crippen molar-refractivity contribution in [3.05, 3.63) is 47.5 Å². The quantitative estimate of drug-likeness (QED) is 0.703. The molecule has 0 aliphatic carbocycles. The number of aryl methyl sites for hydroxylation is 1. The Morgan fingerprint density at radius 3 is 2.89 bits per heavy atom. The Hall–Kier alpha value is -3.55. The van der Waals surface area contributed by atoms with E-state index in [2.05, 4.69) is 4.98 Å². The number of fused-ring (bicyclic) bond motifs is 2. The van der Waals surface area contributed by atoms with Crippen molar-refractivity contribution < 1.29 is 19.4 Å². The molecule has 0 saturated carbocycles. The van der Waals surface area contributed by atoms with E-state index in [9.17, 15) is 9.59 Å². The first kappa shape index (κ1) is 17.8. The van der Waals surface area contributed by atoms with Crippen LogP contribution in [0.4, 0.5) is 5.95 Å². The second kappa shape index (κ2) is 6.88. The normalized spacial score (nSPS) is 13.6. The van der Waals surface area contributed by atoms with Crippen LogP contribution in [-0.2, 0) is 29.6 Å². The van der Waals surface area contributed by atoms with Crippen molar-refractivity contribution in [2.75, 3.05) is 12.3 Å². The van der Waals surface area contributed by atoms with Gasteiger partial charge in [0.1, 0.15) is 11.3 Å². The van der Waals surface area contributed by atoms with Crippen molar-refractivity contribution in [1.29, 1.82) is 0 Å². The fraction of sp³-hybridized carbons (Fsp3) is 0.250. The monoisotopic (exact) mass is 380 g/mol. The molecule has 1 amide bonds. The van der Waals surface area contributed by atoms with Gasteiger partial charge >= 0.3 is 5.97 Å². The topological polar surface area (TPSA) is 111 Å². The first-order chi connectivity index (χ1) is 13.4. The van der Waals surface area contributed by atoms with Crippen LogP contribution in [0.25, 0.3) is 11.0 Å². The van der Waals surface area contributed by atoms with Gasteiger partial charge in [0.2, 0.25) is 11.9 Å². The van der Waals surface area contributed by atoms with Gasteiger partial charge < -0.3 is 25.0 Å². The molecule has 2 aromatic carbocycles. The lowest BCUT2D eigenvalue weighted by molar-refractivity contribution is -0.138. The number of hydrogen-bond donors (Lipinski definition) is 2. The first-order valence-electron chi connectivity index (χ1n) is 8.92. The van der Waals surface area contributed by atoms with E-state index in [-0.39, 0.29) is 25.3 Å². The van der Waals surface area contributed by atoms with E-state index in [0.29, 0.717) is 29.5 Å². The van der Waals surface area contributed by atoms with Gasteiger partial charge in [0.05, 0.1) is 18.4 Å². The number of rotatable bonds is 5. The van der Waals surface area contributed by atoms with Crippen molar-refractivity contribution in [3.63, 3.8) is 0 Å². The summed E-state index contributed by atoms with van der Waals surface area (Å²) in [6.07, 6.45) is 0.173. The Labute approximate surface area is 161 Å². The third kappa shape index (κ3) is 3.24. The number of amides is 1. The number of aliphatic carboxylic acids is 1. The number of hydrogen-bond acceptors (Lipinski definition) is 5. The number of anilines is 1. The number of nitrogens with two attached hydrogens (primary N) is 1. The maximum Gasteiger partial charge on any atom is 0.305 e. The van der Waals surface area contributed by atoms with E-state index >= 15 is 0 Å². The molecule has 8 nitrogen and oxygen atoms in total. The van der Waals surface area contributed by atoms with Gasteiger partial charge in [-0.1, -0.05) is 12.1 Å². The van der Waals surface area contributed by atoms with E-state index in [0.717, 1.165) is 16.6 Å². The Morgan fingerprint density at radius 1 is 1.29 bits per heavy atom. The molecule has 0 fully saturated rings. The SMILES string of the molecule is Cn1c(N)nc2c(Oc3ccc4c(c3)CC(=O)N(CCC(=O)O)C4)cccc21. The predicted octanol–water partition coefficient (Wildman–Crippen LogP) is 2.31. The van der Waals surface area contributed by atoms with Crippen molar-refractivity contribution in [2.45, 2.75) is 19.4 Å². The van der Waals surface area contributed by atoms with Crippen LogP contribution in [0.3, 0.4) is 0 Å². The minimum atomic E-state index is -0.910. The highest BCUT2D eigenvalue weighted by atomic mass is 16.5. The highest BCUT2D eigenvalue weighted by molar-refractivity contribution is 5.85. The highest BCUT2D eigenvalue weighted by Gasteiger charge is 2.24. The number of imidazole rings is 1. The molecule has 3 aromatic rings. The number of aromatic nitrogens is 2. The largest absolute Gasteiger partial charge is 0.481 e. The number of carbonyl (C=O) groups is 2. The fourth-order valence-corrected chi connectivity index (χ4v) is 3.40. The lowest BCUT2D eigenvalue weighted by atomic mass is 9.98. The molecule has 28 heavy (non-hydrogen) atoms. The van der Waals surface area contributed by atoms with Gasteiger partial charge in [0, 0.05) is 20.1 Å². The number of carbonyl (C=O) groups excluding carboxylic acids is 1. The maximum atomic E-state index is 12.3. The Balaban J connectivity index is 1.58. The molecule has 0 atom stereocenters. The van der Waals surface area contributed by atoms with Crippen LogP contribution in [-0.4, -0.2) is 38.0 Å². The van der Waals surface area contributed by atoms with E-state index < -0.39 is 5.97 Å². The summed E-state index contributed by atoms with van der Waals surface area (Å²) in [5, 5.41) is 8.83. The molecular formula is C20H20N4O4. The molecule has 3 N–H and O–H groups in total. The van der Waals surface area contributed by atoms with Gasteiger partial charge in [-0.3, -0.25) is 9.59 Å². The summed E-state index contributed by atoms with van der Waals surface area (Å²) in [7, 11) is 1.84. The molecule has 2 heterocycles.